The van der Waals surface area contributed by atoms with Crippen LogP contribution in [-0.4, -0.2) is 106 Å². The van der Waals surface area contributed by atoms with Crippen LogP contribution < -0.4 is 0 Å². The Kier molecular flexibility index (Phi) is 12.8. The van der Waals surface area contributed by atoms with Crippen molar-refractivity contribution in [3.05, 3.63) is 0 Å². The lowest BCUT2D eigenvalue weighted by molar-refractivity contribution is -0.101. The van der Waals surface area contributed by atoms with Gasteiger partial charge in [0.1, 0.15) is 6.10 Å². The minimum Gasteiger partial charge on any atom is -0.416 e. The quantitative estimate of drug-likeness (QED) is 0.232. The standard InChI is InChI=1S/C15H42O12Si5/c1-13(16)15(14(2)17)23-31(19-3,20-4)27-32(21-5,22-6)26-30(11,12)25-29(9,10)24-28(7,8)18/h13-18H,1-12H3/t13-,14+,15?. The van der Waals surface area contributed by atoms with E-state index in [-0.39, 0.29) is 0 Å². The zero-order chi connectivity index (χ0) is 25.6. The van der Waals surface area contributed by atoms with Gasteiger partial charge in [-0.3, -0.25) is 0 Å². The van der Waals surface area contributed by atoms with Crippen molar-refractivity contribution in [1.29, 1.82) is 0 Å². The van der Waals surface area contributed by atoms with Crippen LogP contribution in [0.2, 0.25) is 39.3 Å². The van der Waals surface area contributed by atoms with Gasteiger partial charge in [-0.15, -0.1) is 0 Å². The van der Waals surface area contributed by atoms with Gasteiger partial charge in [0, 0.05) is 28.4 Å². The Morgan fingerprint density at radius 3 is 1.25 bits per heavy atom. The average molecular weight is 555 g/mol. The minimum atomic E-state index is -4.03. The summed E-state index contributed by atoms with van der Waals surface area (Å²) in [5.74, 6) is 0. The molecule has 3 atom stereocenters. The monoisotopic (exact) mass is 554 g/mol. The van der Waals surface area contributed by atoms with E-state index in [2.05, 4.69) is 0 Å². The lowest BCUT2D eigenvalue weighted by atomic mass is 10.1. The fourth-order valence-electron chi connectivity index (χ4n) is 3.01. The number of rotatable bonds is 16. The topological polar surface area (TPSA) is 144 Å². The summed E-state index contributed by atoms with van der Waals surface area (Å²) in [5, 5.41) is 20.0. The first-order valence-corrected chi connectivity index (χ1v) is 21.8. The first kappa shape index (κ1) is 32.6. The molecule has 17 heteroatoms. The summed E-state index contributed by atoms with van der Waals surface area (Å²) in [6.45, 7) is 13.4. The predicted octanol–water partition coefficient (Wildman–Crippen LogP) is 0.754. The second-order valence-electron chi connectivity index (χ2n) is 8.53. The highest BCUT2D eigenvalue weighted by Gasteiger charge is 2.62. The van der Waals surface area contributed by atoms with Crippen LogP contribution in [0.5, 0.6) is 0 Å². The summed E-state index contributed by atoms with van der Waals surface area (Å²) in [4.78, 5) is 10.2. The Balaban J connectivity index is 5.87. The molecule has 0 saturated heterocycles. The van der Waals surface area contributed by atoms with Gasteiger partial charge in [-0.1, -0.05) is 0 Å². The highest BCUT2D eigenvalue weighted by Crippen LogP contribution is 2.28. The minimum absolute atomic E-state index is 1.05. The van der Waals surface area contributed by atoms with Crippen LogP contribution in [0.3, 0.4) is 0 Å². The molecule has 0 amide bonds. The molecule has 0 saturated carbocycles. The van der Waals surface area contributed by atoms with Crippen LogP contribution >= 0.6 is 0 Å². The molecule has 0 radical (unpaired) electrons. The van der Waals surface area contributed by atoms with E-state index in [1.165, 1.54) is 42.3 Å². The number of hydrogen-bond donors (Lipinski definition) is 3. The molecule has 194 valence electrons. The van der Waals surface area contributed by atoms with Crippen LogP contribution in [0.4, 0.5) is 0 Å². The van der Waals surface area contributed by atoms with Crippen molar-refractivity contribution < 1.29 is 53.6 Å². The molecule has 0 heterocycles. The van der Waals surface area contributed by atoms with Gasteiger partial charge >= 0.3 is 43.8 Å². The lowest BCUT2D eigenvalue weighted by Gasteiger charge is -2.41. The Hall–Kier alpha value is 0.604. The van der Waals surface area contributed by atoms with Crippen LogP contribution in [0.15, 0.2) is 0 Å². The van der Waals surface area contributed by atoms with Crippen LogP contribution in [0, 0.1) is 0 Å². The maximum Gasteiger partial charge on any atom is 0.673 e. The first-order chi connectivity index (χ1) is 14.3. The van der Waals surface area contributed by atoms with Crippen LogP contribution in [0.1, 0.15) is 13.8 Å². The molecule has 3 N–H and O–H groups in total. The maximum absolute atomic E-state index is 10.2. The smallest absolute Gasteiger partial charge is 0.416 e. The summed E-state index contributed by atoms with van der Waals surface area (Å²) >= 11 is 0. The summed E-state index contributed by atoms with van der Waals surface area (Å²) in [7, 11) is -11.4. The van der Waals surface area contributed by atoms with E-state index in [9.17, 15) is 15.0 Å². The van der Waals surface area contributed by atoms with Gasteiger partial charge in [0.15, 0.2) is 0 Å². The van der Waals surface area contributed by atoms with E-state index in [1.807, 2.05) is 13.1 Å². The van der Waals surface area contributed by atoms with E-state index in [4.69, 9.17) is 38.6 Å². The SMILES string of the molecule is CO[Si](OC)(OC([C@H](C)O)[C@@H](C)O)O[Si](OC)(OC)O[Si](C)(C)O[Si](C)(C)O[Si](C)(C)O. The second kappa shape index (κ2) is 12.5. The molecule has 0 aliphatic rings. The molecule has 0 aromatic rings. The van der Waals surface area contributed by atoms with Gasteiger partial charge in [-0.05, 0) is 53.1 Å². The molecule has 12 nitrogen and oxygen atoms in total. The van der Waals surface area contributed by atoms with Crippen LogP contribution in [-0.2, 0) is 38.6 Å². The molecule has 32 heavy (non-hydrogen) atoms. The van der Waals surface area contributed by atoms with Gasteiger partial charge in [-0.25, -0.2) is 0 Å². The molecule has 0 aromatic heterocycles. The average Bonchev–Trinajstić information content (AvgIpc) is 2.60. The van der Waals surface area contributed by atoms with Crippen molar-refractivity contribution in [3.63, 3.8) is 0 Å². The van der Waals surface area contributed by atoms with E-state index >= 15 is 0 Å². The van der Waals surface area contributed by atoms with Crippen molar-refractivity contribution in [2.24, 2.45) is 0 Å². The molecular weight excluding hydrogens is 513 g/mol. The van der Waals surface area contributed by atoms with Gasteiger partial charge in [-0.2, -0.15) is 0 Å². The zero-order valence-electron chi connectivity index (χ0n) is 21.2. The third-order valence-electron chi connectivity index (χ3n) is 3.84. The summed E-state index contributed by atoms with van der Waals surface area (Å²) in [6, 6.07) is 0. The summed E-state index contributed by atoms with van der Waals surface area (Å²) in [5.41, 5.74) is 0. The normalized spacial score (nSPS) is 17.3. The third-order valence-corrected chi connectivity index (χ3v) is 19.3. The Morgan fingerprint density at radius 1 is 0.562 bits per heavy atom. The first-order valence-electron chi connectivity index (χ1n) is 10.1. The molecule has 0 aliphatic heterocycles. The Labute approximate surface area is 197 Å². The Bertz CT molecular complexity index is 541. The largest absolute Gasteiger partial charge is 0.673 e. The van der Waals surface area contributed by atoms with Gasteiger partial charge < -0.3 is 53.6 Å². The lowest BCUT2D eigenvalue weighted by Crippen LogP contribution is -2.66. The van der Waals surface area contributed by atoms with E-state index in [0.717, 1.165) is 0 Å². The molecule has 1 unspecified atom stereocenters. The number of aliphatic hydroxyl groups is 2. The van der Waals surface area contributed by atoms with Crippen molar-refractivity contribution in [3.8, 4) is 0 Å². The fourth-order valence-corrected chi connectivity index (χ4v) is 21.3. The van der Waals surface area contributed by atoms with Crippen molar-refractivity contribution in [2.75, 3.05) is 28.4 Å². The van der Waals surface area contributed by atoms with Gasteiger partial charge in [0.05, 0.1) is 12.2 Å². The molecular formula is C15H42O12Si5. The molecule has 0 spiro atoms. The van der Waals surface area contributed by atoms with E-state index in [0.29, 0.717) is 0 Å². The van der Waals surface area contributed by atoms with Crippen LogP contribution in [0.25, 0.3) is 0 Å². The van der Waals surface area contributed by atoms with E-state index in [1.54, 1.807) is 26.2 Å². The summed E-state index contributed by atoms with van der Waals surface area (Å²) in [6.07, 6.45) is -3.18. The third kappa shape index (κ3) is 10.9. The summed E-state index contributed by atoms with van der Waals surface area (Å²) < 4.78 is 52.0. The molecule has 0 aliphatic carbocycles. The molecule has 0 fully saturated rings. The molecule has 0 rings (SSSR count). The van der Waals surface area contributed by atoms with Gasteiger partial charge in [0.25, 0.3) is 0 Å². The second-order valence-corrected chi connectivity index (χ2v) is 24.2. The zero-order valence-corrected chi connectivity index (χ0v) is 26.2. The van der Waals surface area contributed by atoms with Gasteiger partial charge in [0.2, 0.25) is 0 Å². The number of hydrogen-bond acceptors (Lipinski definition) is 12. The Morgan fingerprint density at radius 2 is 0.938 bits per heavy atom. The number of aliphatic hydroxyl groups excluding tert-OH is 2. The van der Waals surface area contributed by atoms with Crippen molar-refractivity contribution in [1.82, 2.24) is 0 Å². The fraction of sp³-hybridized carbons (Fsp3) is 1.00. The van der Waals surface area contributed by atoms with Crippen molar-refractivity contribution in [2.45, 2.75) is 71.4 Å². The highest BCUT2D eigenvalue weighted by atomic mass is 28.5. The molecule has 0 bridgehead atoms. The van der Waals surface area contributed by atoms with Crippen molar-refractivity contribution >= 4 is 43.8 Å². The molecule has 0 aromatic carbocycles. The highest BCUT2D eigenvalue weighted by molar-refractivity contribution is 6.86. The maximum atomic E-state index is 10.2. The predicted molar refractivity (Wildman–Crippen MR) is 127 cm³/mol. The van der Waals surface area contributed by atoms with E-state index < -0.39 is 62.1 Å².